The van der Waals surface area contributed by atoms with Crippen LogP contribution in [0.2, 0.25) is 0 Å². The molecule has 0 atom stereocenters. The van der Waals surface area contributed by atoms with Crippen LogP contribution in [-0.4, -0.2) is 43.2 Å². The topological polar surface area (TPSA) is 85.4 Å². The summed E-state index contributed by atoms with van der Waals surface area (Å²) in [7, 11) is 3.24. The molecule has 0 aliphatic carbocycles. The highest BCUT2D eigenvalue weighted by atomic mass is 16.5. The van der Waals surface area contributed by atoms with Crippen LogP contribution in [0.25, 0.3) is 0 Å². The van der Waals surface area contributed by atoms with Crippen molar-refractivity contribution in [1.29, 1.82) is 0 Å². The Morgan fingerprint density at radius 1 is 1.17 bits per heavy atom. The van der Waals surface area contributed by atoms with E-state index < -0.39 is 0 Å². The molecule has 7 heteroatoms. The number of anilines is 2. The second kappa shape index (κ2) is 8.70. The second-order valence-electron chi connectivity index (χ2n) is 4.72. The lowest BCUT2D eigenvalue weighted by Gasteiger charge is -2.08. The van der Waals surface area contributed by atoms with Gasteiger partial charge in [0.05, 0.1) is 7.11 Å². The van der Waals surface area contributed by atoms with Crippen molar-refractivity contribution in [3.63, 3.8) is 0 Å². The zero-order chi connectivity index (χ0) is 16.5. The highest BCUT2D eigenvalue weighted by Gasteiger charge is 2.08. The molecule has 2 rings (SSSR count). The van der Waals surface area contributed by atoms with Crippen molar-refractivity contribution >= 4 is 17.5 Å². The largest absolute Gasteiger partial charge is 0.497 e. The Morgan fingerprint density at radius 2 is 1.96 bits per heavy atom. The molecule has 0 aliphatic heterocycles. The van der Waals surface area contributed by atoms with E-state index in [1.165, 1.54) is 0 Å². The predicted molar refractivity (Wildman–Crippen MR) is 87.1 cm³/mol. The zero-order valence-electron chi connectivity index (χ0n) is 13.2. The standard InChI is InChI=1S/C16H20N4O3/c1-22-11-3-9-17-15(21)14-8-10-18-16(20-14)19-12-4-6-13(23-2)7-5-12/h4-8,10H,3,9,11H2,1-2H3,(H,17,21)(H,18,19,20). The molecule has 0 aliphatic rings. The molecule has 0 fully saturated rings. The van der Waals surface area contributed by atoms with Crippen molar-refractivity contribution in [2.75, 3.05) is 32.7 Å². The van der Waals surface area contributed by atoms with E-state index in [1.807, 2.05) is 24.3 Å². The van der Waals surface area contributed by atoms with Crippen LogP contribution < -0.4 is 15.4 Å². The monoisotopic (exact) mass is 316 g/mol. The van der Waals surface area contributed by atoms with E-state index in [0.29, 0.717) is 24.8 Å². The zero-order valence-corrected chi connectivity index (χ0v) is 13.2. The van der Waals surface area contributed by atoms with Gasteiger partial charge in [-0.1, -0.05) is 0 Å². The molecule has 0 spiro atoms. The Kier molecular flexibility index (Phi) is 6.31. The molecule has 0 unspecified atom stereocenters. The second-order valence-corrected chi connectivity index (χ2v) is 4.72. The van der Waals surface area contributed by atoms with Crippen LogP contribution in [-0.2, 0) is 4.74 Å². The average molecular weight is 316 g/mol. The van der Waals surface area contributed by atoms with Gasteiger partial charge < -0.3 is 20.1 Å². The summed E-state index contributed by atoms with van der Waals surface area (Å²) in [6, 6.07) is 8.92. The quantitative estimate of drug-likeness (QED) is 0.725. The van der Waals surface area contributed by atoms with Gasteiger partial charge in [0.1, 0.15) is 11.4 Å². The lowest BCUT2D eigenvalue weighted by molar-refractivity contribution is 0.0943. The summed E-state index contributed by atoms with van der Waals surface area (Å²) >= 11 is 0. The summed E-state index contributed by atoms with van der Waals surface area (Å²) in [5.41, 5.74) is 1.12. The van der Waals surface area contributed by atoms with Crippen LogP contribution in [0.1, 0.15) is 16.9 Å². The van der Waals surface area contributed by atoms with E-state index in [-0.39, 0.29) is 5.91 Å². The molecule has 1 aromatic heterocycles. The number of benzene rings is 1. The van der Waals surface area contributed by atoms with Crippen molar-refractivity contribution in [2.45, 2.75) is 6.42 Å². The van der Waals surface area contributed by atoms with Gasteiger partial charge in [0.15, 0.2) is 0 Å². The van der Waals surface area contributed by atoms with E-state index in [1.54, 1.807) is 26.5 Å². The fourth-order valence-electron chi connectivity index (χ4n) is 1.86. The smallest absolute Gasteiger partial charge is 0.270 e. The van der Waals surface area contributed by atoms with Gasteiger partial charge in [0, 0.05) is 32.1 Å². The number of nitrogens with zero attached hydrogens (tertiary/aromatic N) is 2. The maximum absolute atomic E-state index is 12.0. The van der Waals surface area contributed by atoms with Gasteiger partial charge in [-0.3, -0.25) is 4.79 Å². The molecule has 1 aromatic carbocycles. The van der Waals surface area contributed by atoms with Gasteiger partial charge in [-0.25, -0.2) is 9.97 Å². The number of amides is 1. The fourth-order valence-corrected chi connectivity index (χ4v) is 1.86. The third kappa shape index (κ3) is 5.23. The van der Waals surface area contributed by atoms with E-state index in [2.05, 4.69) is 20.6 Å². The van der Waals surface area contributed by atoms with Crippen molar-refractivity contribution in [3.05, 3.63) is 42.2 Å². The van der Waals surface area contributed by atoms with Gasteiger partial charge in [-0.2, -0.15) is 0 Å². The minimum Gasteiger partial charge on any atom is -0.497 e. The molecule has 122 valence electrons. The third-order valence-electron chi connectivity index (χ3n) is 3.05. The van der Waals surface area contributed by atoms with Gasteiger partial charge in [0.25, 0.3) is 5.91 Å². The number of carbonyl (C=O) groups excluding carboxylic acids is 1. The molecule has 1 heterocycles. The van der Waals surface area contributed by atoms with E-state index >= 15 is 0 Å². The molecular weight excluding hydrogens is 296 g/mol. The number of aromatic nitrogens is 2. The van der Waals surface area contributed by atoms with Crippen LogP contribution in [0.4, 0.5) is 11.6 Å². The maximum Gasteiger partial charge on any atom is 0.270 e. The van der Waals surface area contributed by atoms with Crippen LogP contribution in [0.3, 0.4) is 0 Å². The Hall–Kier alpha value is -2.67. The van der Waals surface area contributed by atoms with E-state index in [4.69, 9.17) is 9.47 Å². The van der Waals surface area contributed by atoms with E-state index in [0.717, 1.165) is 17.9 Å². The third-order valence-corrected chi connectivity index (χ3v) is 3.05. The molecule has 0 saturated heterocycles. The lowest BCUT2D eigenvalue weighted by atomic mass is 10.3. The first-order valence-electron chi connectivity index (χ1n) is 7.24. The molecule has 0 bridgehead atoms. The van der Waals surface area contributed by atoms with Crippen LogP contribution >= 0.6 is 0 Å². The van der Waals surface area contributed by atoms with Gasteiger partial charge in [-0.15, -0.1) is 0 Å². The molecular formula is C16H20N4O3. The summed E-state index contributed by atoms with van der Waals surface area (Å²) in [6.45, 7) is 1.15. The van der Waals surface area contributed by atoms with Gasteiger partial charge in [-0.05, 0) is 36.8 Å². The Balaban J connectivity index is 1.96. The molecule has 0 radical (unpaired) electrons. The number of carbonyl (C=O) groups is 1. The number of hydrogen-bond donors (Lipinski definition) is 2. The molecule has 7 nitrogen and oxygen atoms in total. The number of hydrogen-bond acceptors (Lipinski definition) is 6. The van der Waals surface area contributed by atoms with Crippen LogP contribution in [0.5, 0.6) is 5.75 Å². The Morgan fingerprint density at radius 3 is 2.65 bits per heavy atom. The normalized spacial score (nSPS) is 10.2. The molecule has 2 N–H and O–H groups in total. The highest BCUT2D eigenvalue weighted by Crippen LogP contribution is 2.17. The number of nitrogens with one attached hydrogen (secondary N) is 2. The minimum atomic E-state index is -0.235. The van der Waals surface area contributed by atoms with Crippen LogP contribution in [0.15, 0.2) is 36.5 Å². The number of rotatable bonds is 8. The van der Waals surface area contributed by atoms with Crippen LogP contribution in [0, 0.1) is 0 Å². The van der Waals surface area contributed by atoms with Gasteiger partial charge >= 0.3 is 0 Å². The summed E-state index contributed by atoms with van der Waals surface area (Å²) in [5, 5.41) is 5.84. The first-order valence-corrected chi connectivity index (χ1v) is 7.24. The van der Waals surface area contributed by atoms with Crippen molar-refractivity contribution in [3.8, 4) is 5.75 Å². The minimum absolute atomic E-state index is 0.235. The number of ether oxygens (including phenoxy) is 2. The first-order chi connectivity index (χ1) is 11.2. The summed E-state index contributed by atoms with van der Waals surface area (Å²) in [5.74, 6) is 0.890. The number of methoxy groups -OCH3 is 2. The molecule has 2 aromatic rings. The van der Waals surface area contributed by atoms with E-state index in [9.17, 15) is 4.79 Å². The Labute approximate surface area is 135 Å². The predicted octanol–water partition coefficient (Wildman–Crippen LogP) is 2.00. The summed E-state index contributed by atoms with van der Waals surface area (Å²) in [4.78, 5) is 20.3. The average Bonchev–Trinajstić information content (AvgIpc) is 2.59. The van der Waals surface area contributed by atoms with Gasteiger partial charge in [0.2, 0.25) is 5.95 Å². The molecule has 1 amide bonds. The van der Waals surface area contributed by atoms with Crippen molar-refractivity contribution < 1.29 is 14.3 Å². The highest BCUT2D eigenvalue weighted by molar-refractivity contribution is 5.92. The fraction of sp³-hybridized carbons (Fsp3) is 0.312. The summed E-state index contributed by atoms with van der Waals surface area (Å²) < 4.78 is 10.0. The summed E-state index contributed by atoms with van der Waals surface area (Å²) in [6.07, 6.45) is 2.30. The van der Waals surface area contributed by atoms with Crippen molar-refractivity contribution in [1.82, 2.24) is 15.3 Å². The Bertz CT molecular complexity index is 631. The molecule has 23 heavy (non-hydrogen) atoms. The SMILES string of the molecule is COCCCNC(=O)c1ccnc(Nc2ccc(OC)cc2)n1. The molecule has 0 saturated carbocycles. The van der Waals surface area contributed by atoms with Crippen molar-refractivity contribution in [2.24, 2.45) is 0 Å². The lowest BCUT2D eigenvalue weighted by Crippen LogP contribution is -2.26. The first kappa shape index (κ1) is 16.7. The maximum atomic E-state index is 12.0.